The maximum atomic E-state index is 12.1. The van der Waals surface area contributed by atoms with Crippen molar-refractivity contribution in [3.63, 3.8) is 0 Å². The average Bonchev–Trinajstić information content (AvgIpc) is 2.38. The number of esters is 1. The molecule has 0 saturated heterocycles. The number of rotatable bonds is 6. The van der Waals surface area contributed by atoms with Crippen LogP contribution in [0.5, 0.6) is 0 Å². The van der Waals surface area contributed by atoms with Gasteiger partial charge in [0.1, 0.15) is 11.0 Å². The molecule has 112 valence electrons. The molecule has 20 heavy (non-hydrogen) atoms. The smallest absolute Gasteiger partial charge is 0.327 e. The van der Waals surface area contributed by atoms with Gasteiger partial charge in [-0.15, -0.1) is 0 Å². The van der Waals surface area contributed by atoms with Gasteiger partial charge in [0.2, 0.25) is 0 Å². The number of nitrogens with one attached hydrogen (secondary N) is 1. The van der Waals surface area contributed by atoms with Crippen molar-refractivity contribution in [1.82, 2.24) is 9.78 Å². The van der Waals surface area contributed by atoms with Gasteiger partial charge in [-0.1, -0.05) is 13.3 Å². The van der Waals surface area contributed by atoms with Crippen molar-refractivity contribution >= 4 is 27.6 Å². The first-order chi connectivity index (χ1) is 9.30. The molecule has 0 unspecified atom stereocenters. The summed E-state index contributed by atoms with van der Waals surface area (Å²) in [6.07, 6.45) is 3.53. The number of methoxy groups -OCH3 is 1. The van der Waals surface area contributed by atoms with E-state index >= 15 is 0 Å². The molecule has 0 radical (unpaired) electrons. The minimum Gasteiger partial charge on any atom is -0.468 e. The molecule has 1 N–H and O–H groups in total. The van der Waals surface area contributed by atoms with Gasteiger partial charge >= 0.3 is 5.97 Å². The van der Waals surface area contributed by atoms with Gasteiger partial charge in [-0.3, -0.25) is 9.59 Å². The summed E-state index contributed by atoms with van der Waals surface area (Å²) in [5.41, 5.74) is 0.113. The highest BCUT2D eigenvalue weighted by atomic mass is 79.9. The monoisotopic (exact) mass is 345 g/mol. The number of nitrogens with zero attached hydrogens (tertiary/aromatic N) is 2. The molecule has 0 aromatic carbocycles. The zero-order valence-corrected chi connectivity index (χ0v) is 13.8. The van der Waals surface area contributed by atoms with E-state index in [1.54, 1.807) is 0 Å². The molecule has 0 amide bonds. The summed E-state index contributed by atoms with van der Waals surface area (Å²) in [5.74, 6) is -0.515. The van der Waals surface area contributed by atoms with Gasteiger partial charge in [0.25, 0.3) is 5.56 Å². The third kappa shape index (κ3) is 4.33. The Morgan fingerprint density at radius 1 is 1.55 bits per heavy atom. The van der Waals surface area contributed by atoms with Crippen molar-refractivity contribution in [3.8, 4) is 0 Å². The van der Waals surface area contributed by atoms with E-state index in [1.165, 1.54) is 13.3 Å². The van der Waals surface area contributed by atoms with Crippen LogP contribution in [0.4, 0.5) is 5.69 Å². The first-order valence-electron chi connectivity index (χ1n) is 6.41. The van der Waals surface area contributed by atoms with E-state index in [4.69, 9.17) is 0 Å². The van der Waals surface area contributed by atoms with E-state index < -0.39 is 5.97 Å². The molecule has 0 aliphatic carbocycles. The molecular weight excluding hydrogens is 326 g/mol. The van der Waals surface area contributed by atoms with Gasteiger partial charge in [0.05, 0.1) is 19.0 Å². The molecule has 0 aliphatic heterocycles. The summed E-state index contributed by atoms with van der Waals surface area (Å²) in [6.45, 7) is 6.02. The number of halogens is 1. The predicted octanol–water partition coefficient (Wildman–Crippen LogP) is 2.17. The molecule has 0 spiro atoms. The van der Waals surface area contributed by atoms with Crippen LogP contribution in [0.1, 0.15) is 33.6 Å². The van der Waals surface area contributed by atoms with Crippen LogP contribution in [0.3, 0.4) is 0 Å². The van der Waals surface area contributed by atoms with Gasteiger partial charge in [-0.05, 0) is 36.2 Å². The minimum atomic E-state index is -0.515. The third-order valence-corrected chi connectivity index (χ3v) is 3.61. The van der Waals surface area contributed by atoms with Crippen LogP contribution in [-0.4, -0.2) is 28.4 Å². The number of aromatic nitrogens is 2. The molecule has 0 aliphatic rings. The molecule has 1 aromatic heterocycles. The lowest BCUT2D eigenvalue weighted by Crippen LogP contribution is -2.33. The molecule has 1 aromatic rings. The Bertz CT molecular complexity index is 540. The standard InChI is InChI=1S/C13H20BrN3O3/c1-5-6-13(2,3)16-9-7-15-17(8-10(18)20-4)12(19)11(9)14/h7,16H,5-6,8H2,1-4H3. The second-order valence-electron chi connectivity index (χ2n) is 5.17. The van der Waals surface area contributed by atoms with Crippen LogP contribution in [-0.2, 0) is 16.1 Å². The summed E-state index contributed by atoms with van der Waals surface area (Å²) >= 11 is 3.26. The summed E-state index contributed by atoms with van der Waals surface area (Å²) in [4.78, 5) is 23.3. The van der Waals surface area contributed by atoms with E-state index in [9.17, 15) is 9.59 Å². The molecule has 1 heterocycles. The zero-order valence-electron chi connectivity index (χ0n) is 12.2. The maximum Gasteiger partial charge on any atom is 0.327 e. The number of ether oxygens (including phenoxy) is 1. The number of hydrogen-bond acceptors (Lipinski definition) is 5. The van der Waals surface area contributed by atoms with E-state index in [1.807, 2.05) is 0 Å². The third-order valence-electron chi connectivity index (χ3n) is 2.84. The van der Waals surface area contributed by atoms with E-state index in [-0.39, 0.29) is 17.6 Å². The highest BCUT2D eigenvalue weighted by Gasteiger charge is 2.19. The largest absolute Gasteiger partial charge is 0.468 e. The van der Waals surface area contributed by atoms with Crippen LogP contribution < -0.4 is 10.9 Å². The maximum absolute atomic E-state index is 12.1. The summed E-state index contributed by atoms with van der Waals surface area (Å²) in [7, 11) is 1.27. The highest BCUT2D eigenvalue weighted by Crippen LogP contribution is 2.23. The Labute approximate surface area is 126 Å². The SMILES string of the molecule is CCCC(C)(C)Nc1cnn(CC(=O)OC)c(=O)c1Br. The Morgan fingerprint density at radius 3 is 2.75 bits per heavy atom. The number of carbonyl (C=O) groups excluding carboxylic acids is 1. The zero-order chi connectivity index (χ0) is 15.3. The van der Waals surface area contributed by atoms with Crippen molar-refractivity contribution < 1.29 is 9.53 Å². The topological polar surface area (TPSA) is 73.2 Å². The number of anilines is 1. The van der Waals surface area contributed by atoms with Crippen molar-refractivity contribution in [2.24, 2.45) is 0 Å². The van der Waals surface area contributed by atoms with Crippen LogP contribution in [0, 0.1) is 0 Å². The minimum absolute atomic E-state index is 0.139. The number of carbonyl (C=O) groups is 1. The van der Waals surface area contributed by atoms with Crippen molar-refractivity contribution in [3.05, 3.63) is 21.0 Å². The molecule has 7 heteroatoms. The normalized spacial score (nSPS) is 11.2. The summed E-state index contributed by atoms with van der Waals surface area (Å²) < 4.78 is 5.95. The van der Waals surface area contributed by atoms with Crippen LogP contribution in [0.2, 0.25) is 0 Å². The van der Waals surface area contributed by atoms with Gasteiger partial charge in [-0.2, -0.15) is 5.10 Å². The highest BCUT2D eigenvalue weighted by molar-refractivity contribution is 9.10. The van der Waals surface area contributed by atoms with Crippen LogP contribution in [0.25, 0.3) is 0 Å². The molecule has 0 atom stereocenters. The van der Waals surface area contributed by atoms with Crippen molar-refractivity contribution in [1.29, 1.82) is 0 Å². The second kappa shape index (κ2) is 6.88. The second-order valence-corrected chi connectivity index (χ2v) is 5.96. The fourth-order valence-corrected chi connectivity index (χ4v) is 2.31. The van der Waals surface area contributed by atoms with Crippen molar-refractivity contribution in [2.45, 2.75) is 45.7 Å². The quantitative estimate of drug-likeness (QED) is 0.800. The van der Waals surface area contributed by atoms with Gasteiger partial charge in [-0.25, -0.2) is 4.68 Å². The molecule has 0 saturated carbocycles. The van der Waals surface area contributed by atoms with Crippen molar-refractivity contribution in [2.75, 3.05) is 12.4 Å². The van der Waals surface area contributed by atoms with E-state index in [0.29, 0.717) is 10.2 Å². The molecule has 6 nitrogen and oxygen atoms in total. The number of hydrogen-bond donors (Lipinski definition) is 1. The predicted molar refractivity (Wildman–Crippen MR) is 80.8 cm³/mol. The Hall–Kier alpha value is -1.37. The van der Waals surface area contributed by atoms with Gasteiger partial charge < -0.3 is 10.1 Å². The van der Waals surface area contributed by atoms with Crippen LogP contribution in [0.15, 0.2) is 15.5 Å². The molecular formula is C13H20BrN3O3. The van der Waals surface area contributed by atoms with Crippen LogP contribution >= 0.6 is 15.9 Å². The lowest BCUT2D eigenvalue weighted by atomic mass is 9.99. The Kier molecular flexibility index (Phi) is 5.74. The fourth-order valence-electron chi connectivity index (χ4n) is 1.90. The van der Waals surface area contributed by atoms with Gasteiger partial charge in [0, 0.05) is 5.54 Å². The van der Waals surface area contributed by atoms with E-state index in [0.717, 1.165) is 17.5 Å². The Morgan fingerprint density at radius 2 is 2.20 bits per heavy atom. The Balaban J connectivity index is 3.00. The summed E-state index contributed by atoms with van der Waals surface area (Å²) in [6, 6.07) is 0. The molecule has 0 bridgehead atoms. The lowest BCUT2D eigenvalue weighted by molar-refractivity contribution is -0.141. The van der Waals surface area contributed by atoms with Gasteiger partial charge in [0.15, 0.2) is 0 Å². The summed E-state index contributed by atoms with van der Waals surface area (Å²) in [5, 5.41) is 7.27. The molecule has 1 rings (SSSR count). The average molecular weight is 346 g/mol. The lowest BCUT2D eigenvalue weighted by Gasteiger charge is -2.27. The first-order valence-corrected chi connectivity index (χ1v) is 7.20. The first kappa shape index (κ1) is 16.7. The van der Waals surface area contributed by atoms with E-state index in [2.05, 4.69) is 51.9 Å². The fraction of sp³-hybridized carbons (Fsp3) is 0.615. The molecule has 0 fully saturated rings.